The van der Waals surface area contributed by atoms with Gasteiger partial charge >= 0.3 is 0 Å². The van der Waals surface area contributed by atoms with E-state index >= 15 is 0 Å². The van der Waals surface area contributed by atoms with Crippen molar-refractivity contribution in [2.75, 3.05) is 6.61 Å². The molecule has 1 aromatic carbocycles. The maximum absolute atomic E-state index is 13.9. The number of ether oxygens (including phenoxy) is 1. The summed E-state index contributed by atoms with van der Waals surface area (Å²) in [6.07, 6.45) is 7.47. The summed E-state index contributed by atoms with van der Waals surface area (Å²) in [4.78, 5) is 21.3. The maximum Gasteiger partial charge on any atom is 0.182 e. The highest BCUT2D eigenvalue weighted by molar-refractivity contribution is 5.86. The number of aromatic nitrogens is 7. The Morgan fingerprint density at radius 1 is 1.00 bits per heavy atom. The summed E-state index contributed by atoms with van der Waals surface area (Å²) in [6.45, 7) is 4.49. The molecule has 4 aromatic rings. The predicted octanol–water partition coefficient (Wildman–Crippen LogP) is 5.15. The van der Waals surface area contributed by atoms with Gasteiger partial charge in [0.1, 0.15) is 35.3 Å². The third-order valence-corrected chi connectivity index (χ3v) is 6.01. The topological polar surface area (TPSA) is 102 Å². The van der Waals surface area contributed by atoms with Gasteiger partial charge in [-0.1, -0.05) is 0 Å². The van der Waals surface area contributed by atoms with Gasteiger partial charge in [0.25, 0.3) is 0 Å². The number of hydrogen-bond acceptors (Lipinski definition) is 7. The molecule has 6 rings (SSSR count). The van der Waals surface area contributed by atoms with E-state index in [9.17, 15) is 8.78 Å². The van der Waals surface area contributed by atoms with Gasteiger partial charge in [0.15, 0.2) is 17.3 Å². The monoisotopic (exact) mass is 467 g/mol. The Hall–Kier alpha value is -3.40. The fraction of sp³-hybridized carbons (Fsp3) is 0.417. The van der Waals surface area contributed by atoms with E-state index in [0.29, 0.717) is 22.8 Å². The summed E-state index contributed by atoms with van der Waals surface area (Å²) >= 11 is 0. The molecule has 0 radical (unpaired) electrons. The summed E-state index contributed by atoms with van der Waals surface area (Å²) in [7, 11) is 0. The van der Waals surface area contributed by atoms with Crippen molar-refractivity contribution in [1.82, 2.24) is 35.1 Å². The first-order valence-electron chi connectivity index (χ1n) is 11.4. The van der Waals surface area contributed by atoms with E-state index in [4.69, 9.17) is 4.74 Å². The van der Waals surface area contributed by atoms with Crippen molar-refractivity contribution < 1.29 is 14.9 Å². The zero-order valence-electron chi connectivity index (χ0n) is 19.1. The summed E-state index contributed by atoms with van der Waals surface area (Å²) in [5, 5.41) is 7.25. The normalized spacial score (nSPS) is 17.9. The van der Waals surface area contributed by atoms with Crippen LogP contribution in [0.5, 0.6) is 0 Å². The van der Waals surface area contributed by atoms with E-state index < -0.39 is 11.6 Å². The Morgan fingerprint density at radius 2 is 1.82 bits per heavy atom. The van der Waals surface area contributed by atoms with Gasteiger partial charge in [-0.05, 0) is 58.1 Å². The molecule has 10 heteroatoms. The molecule has 1 saturated heterocycles. The largest absolute Gasteiger partial charge is 0.370 e. The lowest BCUT2D eigenvalue weighted by atomic mass is 10.1. The number of halogens is 2. The highest BCUT2D eigenvalue weighted by atomic mass is 19.1. The van der Waals surface area contributed by atoms with Crippen molar-refractivity contribution in [3.63, 3.8) is 0 Å². The molecule has 0 spiro atoms. The molecule has 8 nitrogen and oxygen atoms in total. The predicted molar refractivity (Wildman–Crippen MR) is 123 cm³/mol. The Balaban J connectivity index is 0.000000169. The molecule has 178 valence electrons. The van der Waals surface area contributed by atoms with Crippen LogP contribution in [0, 0.1) is 25.5 Å². The van der Waals surface area contributed by atoms with Crippen LogP contribution >= 0.6 is 0 Å². The van der Waals surface area contributed by atoms with Crippen LogP contribution in [0.1, 0.15) is 68.6 Å². The number of H-pyrrole nitrogens is 1. The minimum absolute atomic E-state index is 0. The first kappa shape index (κ1) is 22.4. The number of rotatable bonds is 3. The van der Waals surface area contributed by atoms with E-state index in [1.807, 2.05) is 6.92 Å². The molecule has 1 aliphatic carbocycles. The Morgan fingerprint density at radius 3 is 2.56 bits per heavy atom. The van der Waals surface area contributed by atoms with Crippen molar-refractivity contribution in [1.29, 1.82) is 0 Å². The number of hydrogen-bond donors (Lipinski definition) is 1. The highest BCUT2D eigenvalue weighted by Gasteiger charge is 2.29. The number of benzene rings is 1. The fourth-order valence-electron chi connectivity index (χ4n) is 3.83. The zero-order valence-corrected chi connectivity index (χ0v) is 19.1. The molecule has 4 heterocycles. The lowest BCUT2D eigenvalue weighted by Crippen LogP contribution is -2.12. The smallest absolute Gasteiger partial charge is 0.182 e. The van der Waals surface area contributed by atoms with Crippen LogP contribution in [0.2, 0.25) is 0 Å². The molecule has 1 atom stereocenters. The van der Waals surface area contributed by atoms with E-state index in [1.165, 1.54) is 44.1 Å². The second-order valence-electron chi connectivity index (χ2n) is 8.62. The SMILES string of the molecule is C1CC[C@H](c2nc(C3CC3)n[nH]2)OC1.Cc1nc2ncnc(-c3ccc(F)cc3F)c2nc1C.[HH]. The first-order chi connectivity index (χ1) is 16.5. The molecular formula is C24H27F2N7O. The molecule has 1 aliphatic heterocycles. The minimum atomic E-state index is -0.690. The summed E-state index contributed by atoms with van der Waals surface area (Å²) in [5.74, 6) is 1.23. The van der Waals surface area contributed by atoms with Crippen LogP contribution in [-0.2, 0) is 4.74 Å². The Bertz CT molecular complexity index is 1320. The Labute approximate surface area is 196 Å². The quantitative estimate of drug-likeness (QED) is 0.444. The van der Waals surface area contributed by atoms with Gasteiger partial charge in [-0.15, -0.1) is 0 Å². The molecule has 0 amide bonds. The number of aryl methyl sites for hydroxylation is 2. The van der Waals surface area contributed by atoms with Crippen molar-refractivity contribution in [2.45, 2.75) is 58.0 Å². The molecule has 1 saturated carbocycles. The van der Waals surface area contributed by atoms with Crippen LogP contribution in [0.15, 0.2) is 24.5 Å². The molecular weight excluding hydrogens is 440 g/mol. The Kier molecular flexibility index (Phi) is 6.23. The van der Waals surface area contributed by atoms with Crippen molar-refractivity contribution in [3.05, 3.63) is 59.2 Å². The number of fused-ring (bicyclic) bond motifs is 1. The second kappa shape index (κ2) is 9.46. The van der Waals surface area contributed by atoms with Crippen LogP contribution in [0.25, 0.3) is 22.4 Å². The summed E-state index contributed by atoms with van der Waals surface area (Å²) in [6, 6.07) is 3.34. The summed E-state index contributed by atoms with van der Waals surface area (Å²) < 4.78 is 32.5. The second-order valence-corrected chi connectivity index (χ2v) is 8.62. The number of nitrogens with zero attached hydrogens (tertiary/aromatic N) is 6. The molecule has 34 heavy (non-hydrogen) atoms. The molecule has 0 bridgehead atoms. The average Bonchev–Trinajstić information content (AvgIpc) is 3.57. The highest BCUT2D eigenvalue weighted by Crippen LogP contribution is 2.38. The third kappa shape index (κ3) is 4.77. The third-order valence-electron chi connectivity index (χ3n) is 6.01. The minimum Gasteiger partial charge on any atom is -0.370 e. The van der Waals surface area contributed by atoms with Gasteiger partial charge in [0, 0.05) is 25.6 Å². The van der Waals surface area contributed by atoms with E-state index in [0.717, 1.165) is 42.1 Å². The zero-order chi connectivity index (χ0) is 23.7. The van der Waals surface area contributed by atoms with Crippen LogP contribution in [0.3, 0.4) is 0 Å². The molecule has 2 fully saturated rings. The first-order valence-corrected chi connectivity index (χ1v) is 11.4. The van der Waals surface area contributed by atoms with Gasteiger partial charge < -0.3 is 4.74 Å². The number of nitrogens with one attached hydrogen (secondary N) is 1. The standard InChI is InChI=1S/C14H10F2N4.C10H15N3O.H2/c1-7-8(2)20-14-13(19-7)12(17-6-18-14)10-4-3-9(15)5-11(10)16;1-2-6-14-8(3-1)10-11-9(12-13-10)7-4-5-7;/h3-6H,1-2H3;7-8H,1-6H2,(H,11,12,13);1H/t;8-;/m.1./s1. The van der Waals surface area contributed by atoms with Crippen molar-refractivity contribution >= 4 is 11.2 Å². The van der Waals surface area contributed by atoms with Crippen LogP contribution in [-0.4, -0.2) is 41.7 Å². The molecule has 1 N–H and O–H groups in total. The summed E-state index contributed by atoms with van der Waals surface area (Å²) in [5.41, 5.74) is 2.75. The fourth-order valence-corrected chi connectivity index (χ4v) is 3.83. The van der Waals surface area contributed by atoms with Crippen LogP contribution < -0.4 is 0 Å². The van der Waals surface area contributed by atoms with Crippen molar-refractivity contribution in [2.24, 2.45) is 0 Å². The van der Waals surface area contributed by atoms with E-state index in [2.05, 4.69) is 35.1 Å². The lowest BCUT2D eigenvalue weighted by Gasteiger charge is -2.19. The molecule has 2 aliphatic rings. The van der Waals surface area contributed by atoms with Gasteiger partial charge in [-0.25, -0.2) is 33.7 Å². The van der Waals surface area contributed by atoms with Crippen molar-refractivity contribution in [3.8, 4) is 11.3 Å². The van der Waals surface area contributed by atoms with Gasteiger partial charge in [0.2, 0.25) is 0 Å². The van der Waals surface area contributed by atoms with E-state index in [1.54, 1.807) is 6.92 Å². The van der Waals surface area contributed by atoms with Gasteiger partial charge in [-0.3, -0.25) is 5.10 Å². The maximum atomic E-state index is 13.9. The van der Waals surface area contributed by atoms with Gasteiger partial charge in [0.05, 0.1) is 11.4 Å². The lowest BCUT2D eigenvalue weighted by molar-refractivity contribution is 0.00963. The van der Waals surface area contributed by atoms with E-state index in [-0.39, 0.29) is 13.1 Å². The average molecular weight is 468 g/mol. The molecule has 0 unspecified atom stereocenters. The van der Waals surface area contributed by atoms with Gasteiger partial charge in [-0.2, -0.15) is 5.10 Å². The molecule has 3 aromatic heterocycles. The van der Waals surface area contributed by atoms with Crippen LogP contribution in [0.4, 0.5) is 8.78 Å². The number of aromatic amines is 1.